The van der Waals surface area contributed by atoms with E-state index in [1.807, 2.05) is 53.2 Å². The first-order valence-electron chi connectivity index (χ1n) is 13.0. The van der Waals surface area contributed by atoms with Gasteiger partial charge in [0.2, 0.25) is 0 Å². The zero-order chi connectivity index (χ0) is 27.9. The van der Waals surface area contributed by atoms with Crippen LogP contribution in [0.4, 0.5) is 0 Å². The second kappa shape index (κ2) is 12.8. The Hall–Kier alpha value is -4.48. The Labute approximate surface area is 244 Å². The van der Waals surface area contributed by atoms with Crippen molar-refractivity contribution >= 4 is 28.6 Å². The van der Waals surface area contributed by atoms with Crippen molar-refractivity contribution in [1.29, 1.82) is 0 Å². The molecule has 208 valence electrons. The first-order valence-corrected chi connectivity index (χ1v) is 14.7. The van der Waals surface area contributed by atoms with Crippen LogP contribution in [-0.4, -0.2) is 27.4 Å². The number of rotatable bonds is 4. The monoisotopic (exact) mass is 586 g/mol. The lowest BCUT2D eigenvalue weighted by atomic mass is 10.1. The number of hydrogen-bond donors (Lipinski definition) is 1. The Morgan fingerprint density at radius 2 is 1.34 bits per heavy atom. The zero-order valence-electron chi connectivity index (χ0n) is 21.9. The Morgan fingerprint density at radius 3 is 2.00 bits per heavy atom. The SMILES string of the molecule is O=C(NCCc1ccc2c(c1)OCc1csc(n1)COc1ccccc1OCc1nc(cs1)CO2)c1ccccn1. The lowest BCUT2D eigenvalue weighted by Crippen LogP contribution is -2.26. The molecule has 9 nitrogen and oxygen atoms in total. The molecule has 4 bridgehead atoms. The topological polar surface area (TPSA) is 105 Å². The second-order valence-electron chi connectivity index (χ2n) is 9.07. The van der Waals surface area contributed by atoms with E-state index in [-0.39, 0.29) is 19.1 Å². The molecule has 1 aliphatic heterocycles. The molecule has 0 aliphatic carbocycles. The molecule has 11 heteroatoms. The highest BCUT2D eigenvalue weighted by molar-refractivity contribution is 7.09. The molecule has 5 aromatic rings. The average molecular weight is 587 g/mol. The van der Waals surface area contributed by atoms with Crippen LogP contribution in [0.3, 0.4) is 0 Å². The molecule has 1 aliphatic rings. The maximum absolute atomic E-state index is 12.3. The van der Waals surface area contributed by atoms with Crippen LogP contribution in [-0.2, 0) is 32.8 Å². The predicted octanol–water partition coefficient (Wildman–Crippen LogP) is 5.60. The molecule has 0 unspecified atom stereocenters. The molecule has 1 N–H and O–H groups in total. The summed E-state index contributed by atoms with van der Waals surface area (Å²) in [4.78, 5) is 25.8. The molecule has 0 saturated heterocycles. The number of fused-ring (bicyclic) bond motifs is 6. The van der Waals surface area contributed by atoms with E-state index in [2.05, 4.69) is 20.3 Å². The van der Waals surface area contributed by atoms with Gasteiger partial charge in [-0.05, 0) is 48.4 Å². The molecule has 0 fully saturated rings. The van der Waals surface area contributed by atoms with Crippen LogP contribution >= 0.6 is 22.7 Å². The number of nitrogens with one attached hydrogen (secondary N) is 1. The lowest BCUT2D eigenvalue weighted by Gasteiger charge is -2.14. The molecular formula is C30H26N4O5S2. The van der Waals surface area contributed by atoms with Gasteiger partial charge in [-0.2, -0.15) is 0 Å². The highest BCUT2D eigenvalue weighted by atomic mass is 32.1. The number of pyridine rings is 1. The summed E-state index contributed by atoms with van der Waals surface area (Å²) in [5.41, 5.74) is 2.98. The van der Waals surface area contributed by atoms with E-state index in [4.69, 9.17) is 18.9 Å². The molecule has 2 aromatic carbocycles. The average Bonchev–Trinajstić information content (AvgIpc) is 3.67. The van der Waals surface area contributed by atoms with Gasteiger partial charge in [0.05, 0.1) is 11.4 Å². The van der Waals surface area contributed by atoms with Crippen LogP contribution < -0.4 is 24.3 Å². The maximum atomic E-state index is 12.3. The van der Waals surface area contributed by atoms with Crippen LogP contribution in [0.15, 0.2) is 77.6 Å². The van der Waals surface area contributed by atoms with E-state index in [9.17, 15) is 4.79 Å². The minimum Gasteiger partial charge on any atom is -0.483 e. The minimum absolute atomic E-state index is 0.207. The molecular weight excluding hydrogens is 560 g/mol. The Kier molecular flexibility index (Phi) is 8.34. The summed E-state index contributed by atoms with van der Waals surface area (Å²) >= 11 is 3.03. The smallest absolute Gasteiger partial charge is 0.269 e. The highest BCUT2D eigenvalue weighted by Gasteiger charge is 2.14. The summed E-state index contributed by atoms with van der Waals surface area (Å²) in [7, 11) is 0. The van der Waals surface area contributed by atoms with Crippen molar-refractivity contribution in [2.75, 3.05) is 6.54 Å². The van der Waals surface area contributed by atoms with Gasteiger partial charge in [-0.3, -0.25) is 9.78 Å². The van der Waals surface area contributed by atoms with Crippen molar-refractivity contribution in [2.24, 2.45) is 0 Å². The van der Waals surface area contributed by atoms with Crippen molar-refractivity contribution in [1.82, 2.24) is 20.3 Å². The minimum atomic E-state index is -0.207. The molecule has 4 heterocycles. The first kappa shape index (κ1) is 26.7. The van der Waals surface area contributed by atoms with E-state index >= 15 is 0 Å². The summed E-state index contributed by atoms with van der Waals surface area (Å²) < 4.78 is 24.4. The zero-order valence-corrected chi connectivity index (χ0v) is 23.6. The van der Waals surface area contributed by atoms with Crippen LogP contribution in [0.2, 0.25) is 0 Å². The van der Waals surface area contributed by atoms with Crippen LogP contribution in [0.25, 0.3) is 0 Å². The molecule has 3 aromatic heterocycles. The number of ether oxygens (including phenoxy) is 4. The van der Waals surface area contributed by atoms with Crippen molar-refractivity contribution in [2.45, 2.75) is 32.8 Å². The van der Waals surface area contributed by atoms with Crippen LogP contribution in [0.5, 0.6) is 23.0 Å². The summed E-state index contributed by atoms with van der Waals surface area (Å²) in [6, 6.07) is 18.6. The van der Waals surface area contributed by atoms with Gasteiger partial charge in [0.1, 0.15) is 42.1 Å². The number of hydrogen-bond acceptors (Lipinski definition) is 10. The molecule has 0 saturated carbocycles. The number of benzene rings is 2. The standard InChI is InChI=1S/C30H26N4O5S2/c35-30(23-5-3-4-11-31-23)32-12-10-20-8-9-26-27(13-20)37-15-22-19-41-29(34-22)17-39-25-7-2-1-6-24(25)38-16-28-33-21(14-36-26)18-40-28/h1-9,11,13,18-19H,10,12,14-17H2,(H,32,35). The number of aromatic nitrogens is 3. The first-order chi connectivity index (χ1) is 20.2. The van der Waals surface area contributed by atoms with Gasteiger partial charge in [-0.25, -0.2) is 9.97 Å². The summed E-state index contributed by atoms with van der Waals surface area (Å²) in [5, 5.41) is 8.51. The largest absolute Gasteiger partial charge is 0.483 e. The fraction of sp³-hybridized carbons (Fsp3) is 0.200. The van der Waals surface area contributed by atoms with Crippen LogP contribution in [0.1, 0.15) is 37.5 Å². The number of para-hydroxylation sites is 2. The van der Waals surface area contributed by atoms with E-state index in [1.54, 1.807) is 24.4 Å². The predicted molar refractivity (Wildman–Crippen MR) is 155 cm³/mol. The van der Waals surface area contributed by atoms with Gasteiger partial charge >= 0.3 is 0 Å². The van der Waals surface area contributed by atoms with Crippen molar-refractivity contribution < 1.29 is 23.7 Å². The fourth-order valence-electron chi connectivity index (χ4n) is 4.08. The molecule has 6 rings (SSSR count). The normalized spacial score (nSPS) is 13.1. The van der Waals surface area contributed by atoms with E-state index in [0.717, 1.165) is 27.0 Å². The molecule has 41 heavy (non-hydrogen) atoms. The second-order valence-corrected chi connectivity index (χ2v) is 11.0. The molecule has 0 spiro atoms. The number of thiazole rings is 2. The maximum Gasteiger partial charge on any atom is 0.269 e. The molecule has 1 amide bonds. The summed E-state index contributed by atoms with van der Waals surface area (Å²) in [6.45, 7) is 1.66. The third-order valence-corrected chi connectivity index (χ3v) is 7.85. The third-order valence-electron chi connectivity index (χ3n) is 6.11. The molecule has 0 radical (unpaired) electrons. The number of amides is 1. The Bertz CT molecular complexity index is 1620. The van der Waals surface area contributed by atoms with Gasteiger partial charge in [-0.15, -0.1) is 22.7 Å². The Balaban J connectivity index is 1.18. The van der Waals surface area contributed by atoms with Crippen LogP contribution in [0, 0.1) is 0 Å². The third kappa shape index (κ3) is 7.00. The number of carbonyl (C=O) groups excluding carboxylic acids is 1. The van der Waals surface area contributed by atoms with Gasteiger partial charge in [0, 0.05) is 23.5 Å². The molecule has 0 atom stereocenters. The van der Waals surface area contributed by atoms with Gasteiger partial charge in [0.25, 0.3) is 5.91 Å². The van der Waals surface area contributed by atoms with Crippen molar-refractivity contribution in [3.63, 3.8) is 0 Å². The van der Waals surface area contributed by atoms with Gasteiger partial charge < -0.3 is 24.3 Å². The van der Waals surface area contributed by atoms with Crippen molar-refractivity contribution in [3.8, 4) is 23.0 Å². The number of carbonyl (C=O) groups is 1. The Morgan fingerprint density at radius 1 is 0.732 bits per heavy atom. The quantitative estimate of drug-likeness (QED) is 0.290. The number of nitrogens with zero attached hydrogens (tertiary/aromatic N) is 3. The van der Waals surface area contributed by atoms with E-state index in [1.165, 1.54) is 22.7 Å². The summed E-state index contributed by atoms with van der Waals surface area (Å²) in [6.07, 6.45) is 2.22. The lowest BCUT2D eigenvalue weighted by molar-refractivity contribution is 0.0949. The van der Waals surface area contributed by atoms with Crippen molar-refractivity contribution in [3.05, 3.63) is 110 Å². The van der Waals surface area contributed by atoms with E-state index in [0.29, 0.717) is 54.9 Å². The van der Waals surface area contributed by atoms with Gasteiger partial charge in [0.15, 0.2) is 23.0 Å². The highest BCUT2D eigenvalue weighted by Crippen LogP contribution is 2.32. The summed E-state index contributed by atoms with van der Waals surface area (Å²) in [5.74, 6) is 2.30. The fourth-order valence-corrected chi connectivity index (χ4v) is 5.46. The van der Waals surface area contributed by atoms with Gasteiger partial charge in [-0.1, -0.05) is 24.3 Å². The van der Waals surface area contributed by atoms with E-state index < -0.39 is 0 Å².